The van der Waals surface area contributed by atoms with Crippen molar-refractivity contribution >= 4 is 5.97 Å². The number of hydrogen-bond acceptors (Lipinski definition) is 2. The van der Waals surface area contributed by atoms with Crippen molar-refractivity contribution in [1.82, 2.24) is 0 Å². The molecule has 1 atom stereocenters. The molecule has 68 valence electrons. The zero-order valence-corrected chi connectivity index (χ0v) is 8.18. The number of hydrogen-bond donors (Lipinski definition) is 0. The maximum absolute atomic E-state index is 10.7. The highest BCUT2D eigenvalue weighted by Crippen LogP contribution is 2.19. The van der Waals surface area contributed by atoms with Gasteiger partial charge in [0.15, 0.2) is 5.60 Å². The SMILES string of the molecule is C#CC(C)(CC(C)C)OC(C)=O. The summed E-state index contributed by atoms with van der Waals surface area (Å²) in [5.74, 6) is 2.60. The number of terminal acetylenes is 1. The van der Waals surface area contributed by atoms with Crippen LogP contribution in [0.3, 0.4) is 0 Å². The molecular formula is C10H16O2. The van der Waals surface area contributed by atoms with Crippen molar-refractivity contribution in [3.63, 3.8) is 0 Å². The van der Waals surface area contributed by atoms with Crippen LogP contribution in [0.1, 0.15) is 34.1 Å². The van der Waals surface area contributed by atoms with Crippen molar-refractivity contribution < 1.29 is 9.53 Å². The summed E-state index contributed by atoms with van der Waals surface area (Å²) < 4.78 is 5.02. The van der Waals surface area contributed by atoms with Gasteiger partial charge in [-0.05, 0) is 12.8 Å². The average molecular weight is 168 g/mol. The Morgan fingerprint density at radius 3 is 2.42 bits per heavy atom. The van der Waals surface area contributed by atoms with Gasteiger partial charge in [0.1, 0.15) is 0 Å². The van der Waals surface area contributed by atoms with Crippen LogP contribution in [0, 0.1) is 18.3 Å². The summed E-state index contributed by atoms with van der Waals surface area (Å²) in [6.07, 6.45) is 5.97. The van der Waals surface area contributed by atoms with Crippen LogP contribution in [0.15, 0.2) is 0 Å². The van der Waals surface area contributed by atoms with Gasteiger partial charge in [-0.15, -0.1) is 6.42 Å². The van der Waals surface area contributed by atoms with E-state index in [-0.39, 0.29) is 5.97 Å². The molecule has 0 bridgehead atoms. The Hall–Kier alpha value is -0.970. The Labute approximate surface area is 74.3 Å². The molecule has 0 fully saturated rings. The standard InChI is InChI=1S/C10H16O2/c1-6-10(5,7-8(2)3)12-9(4)11/h1,8H,7H2,2-5H3. The van der Waals surface area contributed by atoms with Crippen molar-refractivity contribution in [3.05, 3.63) is 0 Å². The van der Waals surface area contributed by atoms with Crippen LogP contribution >= 0.6 is 0 Å². The van der Waals surface area contributed by atoms with E-state index < -0.39 is 5.60 Å². The summed E-state index contributed by atoms with van der Waals surface area (Å²) in [6.45, 7) is 7.21. The second kappa shape index (κ2) is 4.15. The van der Waals surface area contributed by atoms with E-state index in [2.05, 4.69) is 5.92 Å². The Morgan fingerprint density at radius 1 is 1.67 bits per heavy atom. The first-order valence-electron chi connectivity index (χ1n) is 4.07. The molecule has 0 aromatic rings. The predicted molar refractivity (Wildman–Crippen MR) is 48.5 cm³/mol. The zero-order valence-electron chi connectivity index (χ0n) is 8.18. The lowest BCUT2D eigenvalue weighted by Crippen LogP contribution is -2.30. The van der Waals surface area contributed by atoms with E-state index in [1.54, 1.807) is 6.92 Å². The quantitative estimate of drug-likeness (QED) is 0.476. The first kappa shape index (κ1) is 11.0. The fourth-order valence-corrected chi connectivity index (χ4v) is 1.23. The van der Waals surface area contributed by atoms with Gasteiger partial charge in [-0.2, -0.15) is 0 Å². The van der Waals surface area contributed by atoms with E-state index in [9.17, 15) is 4.79 Å². The topological polar surface area (TPSA) is 26.3 Å². The largest absolute Gasteiger partial charge is 0.446 e. The van der Waals surface area contributed by atoms with Crippen LogP contribution in [0.5, 0.6) is 0 Å². The fourth-order valence-electron chi connectivity index (χ4n) is 1.23. The smallest absolute Gasteiger partial charge is 0.304 e. The van der Waals surface area contributed by atoms with Gasteiger partial charge in [0.2, 0.25) is 0 Å². The van der Waals surface area contributed by atoms with Crippen molar-refractivity contribution in [2.24, 2.45) is 5.92 Å². The molecule has 0 radical (unpaired) electrons. The molecule has 0 saturated carbocycles. The summed E-state index contributed by atoms with van der Waals surface area (Å²) in [5.41, 5.74) is -0.736. The highest BCUT2D eigenvalue weighted by molar-refractivity contribution is 5.67. The minimum atomic E-state index is -0.736. The number of ether oxygens (including phenoxy) is 1. The van der Waals surface area contributed by atoms with Gasteiger partial charge >= 0.3 is 5.97 Å². The summed E-state index contributed by atoms with van der Waals surface area (Å²) in [5, 5.41) is 0. The van der Waals surface area contributed by atoms with E-state index in [1.807, 2.05) is 13.8 Å². The minimum Gasteiger partial charge on any atom is -0.446 e. The number of carbonyl (C=O) groups is 1. The number of esters is 1. The molecule has 0 heterocycles. The summed E-state index contributed by atoms with van der Waals surface area (Å²) in [7, 11) is 0. The Bertz CT molecular complexity index is 200. The molecule has 1 unspecified atom stereocenters. The average Bonchev–Trinajstić information content (AvgIpc) is 1.83. The molecule has 0 aromatic carbocycles. The Morgan fingerprint density at radius 2 is 2.17 bits per heavy atom. The molecular weight excluding hydrogens is 152 g/mol. The van der Waals surface area contributed by atoms with Crippen LogP contribution in [0.4, 0.5) is 0 Å². The molecule has 0 aliphatic heterocycles. The van der Waals surface area contributed by atoms with Gasteiger partial charge in [-0.25, -0.2) is 0 Å². The van der Waals surface area contributed by atoms with Crippen LogP contribution < -0.4 is 0 Å². The molecule has 0 rings (SSSR count). The normalized spacial score (nSPS) is 15.0. The molecule has 0 aromatic heterocycles. The van der Waals surface area contributed by atoms with Crippen molar-refractivity contribution in [2.75, 3.05) is 0 Å². The minimum absolute atomic E-state index is 0.323. The summed E-state index contributed by atoms with van der Waals surface area (Å²) >= 11 is 0. The first-order chi connectivity index (χ1) is 5.39. The van der Waals surface area contributed by atoms with E-state index in [4.69, 9.17) is 11.2 Å². The van der Waals surface area contributed by atoms with Crippen LogP contribution in [-0.2, 0) is 9.53 Å². The molecule has 0 saturated heterocycles. The van der Waals surface area contributed by atoms with Crippen LogP contribution in [0.25, 0.3) is 0 Å². The third-order valence-corrected chi connectivity index (χ3v) is 1.47. The van der Waals surface area contributed by atoms with Gasteiger partial charge in [-0.3, -0.25) is 4.79 Å². The second-order valence-electron chi connectivity index (χ2n) is 3.57. The lowest BCUT2D eigenvalue weighted by Gasteiger charge is -2.24. The van der Waals surface area contributed by atoms with Crippen LogP contribution in [-0.4, -0.2) is 11.6 Å². The van der Waals surface area contributed by atoms with Gasteiger partial charge in [-0.1, -0.05) is 19.8 Å². The van der Waals surface area contributed by atoms with E-state index >= 15 is 0 Å². The Balaban J connectivity index is 4.27. The maximum atomic E-state index is 10.7. The summed E-state index contributed by atoms with van der Waals surface area (Å²) in [6, 6.07) is 0. The first-order valence-corrected chi connectivity index (χ1v) is 4.07. The molecule has 2 nitrogen and oxygen atoms in total. The highest BCUT2D eigenvalue weighted by Gasteiger charge is 2.25. The van der Waals surface area contributed by atoms with Crippen molar-refractivity contribution in [3.8, 4) is 12.3 Å². The van der Waals surface area contributed by atoms with Gasteiger partial charge < -0.3 is 4.74 Å². The van der Waals surface area contributed by atoms with E-state index in [0.29, 0.717) is 12.3 Å². The third kappa shape index (κ3) is 4.02. The van der Waals surface area contributed by atoms with Crippen molar-refractivity contribution in [1.29, 1.82) is 0 Å². The number of carbonyl (C=O) groups excluding carboxylic acids is 1. The van der Waals surface area contributed by atoms with Gasteiger partial charge in [0.05, 0.1) is 0 Å². The molecule has 0 aliphatic rings. The molecule has 2 heteroatoms. The fraction of sp³-hybridized carbons (Fsp3) is 0.700. The van der Waals surface area contributed by atoms with Crippen LogP contribution in [0.2, 0.25) is 0 Å². The van der Waals surface area contributed by atoms with E-state index in [0.717, 1.165) is 0 Å². The molecule has 0 aliphatic carbocycles. The van der Waals surface area contributed by atoms with E-state index in [1.165, 1.54) is 6.92 Å². The van der Waals surface area contributed by atoms with Gasteiger partial charge in [0.25, 0.3) is 0 Å². The number of rotatable bonds is 3. The maximum Gasteiger partial charge on any atom is 0.304 e. The van der Waals surface area contributed by atoms with Gasteiger partial charge in [0, 0.05) is 13.3 Å². The monoisotopic (exact) mass is 168 g/mol. The predicted octanol–water partition coefficient (Wildman–Crippen LogP) is 1.99. The third-order valence-electron chi connectivity index (χ3n) is 1.47. The van der Waals surface area contributed by atoms with Crippen molar-refractivity contribution in [2.45, 2.75) is 39.7 Å². The lowest BCUT2D eigenvalue weighted by molar-refractivity contribution is -0.151. The molecule has 0 spiro atoms. The lowest BCUT2D eigenvalue weighted by atomic mass is 9.95. The molecule has 0 N–H and O–H groups in total. The molecule has 0 amide bonds. The Kier molecular flexibility index (Phi) is 3.82. The second-order valence-corrected chi connectivity index (χ2v) is 3.57. The summed E-state index contributed by atoms with van der Waals surface area (Å²) in [4.78, 5) is 10.7. The highest BCUT2D eigenvalue weighted by atomic mass is 16.6. The zero-order chi connectivity index (χ0) is 9.78. The molecule has 12 heavy (non-hydrogen) atoms.